The summed E-state index contributed by atoms with van der Waals surface area (Å²) in [7, 11) is 0. The van der Waals surface area contributed by atoms with Crippen LogP contribution < -0.4 is 0 Å². The molecule has 0 radical (unpaired) electrons. The second-order valence-electron chi connectivity index (χ2n) is 5.29. The van der Waals surface area contributed by atoms with E-state index in [4.69, 9.17) is 0 Å². The second-order valence-corrected chi connectivity index (χ2v) is 6.08. The molecule has 0 unspecified atom stereocenters. The van der Waals surface area contributed by atoms with Gasteiger partial charge in [0.2, 0.25) is 17.5 Å². The van der Waals surface area contributed by atoms with Crippen molar-refractivity contribution in [1.82, 2.24) is 4.90 Å². The van der Waals surface area contributed by atoms with Crippen molar-refractivity contribution in [2.24, 2.45) is 0 Å². The number of benzene rings is 1. The van der Waals surface area contributed by atoms with E-state index in [9.17, 15) is 14.4 Å². The maximum atomic E-state index is 12.1. The summed E-state index contributed by atoms with van der Waals surface area (Å²) in [6.07, 6.45) is 1.89. The SMILES string of the molecule is CCCCN(CC1=C(Br)C(=O)C(=O)c2ccccc21)C(C)=O. The average Bonchev–Trinajstić information content (AvgIpc) is 2.52. The Morgan fingerprint density at radius 2 is 1.77 bits per heavy atom. The van der Waals surface area contributed by atoms with E-state index in [1.54, 1.807) is 17.0 Å². The molecule has 0 N–H and O–H groups in total. The van der Waals surface area contributed by atoms with Crippen LogP contribution in [-0.2, 0) is 9.59 Å². The van der Waals surface area contributed by atoms with Crippen molar-refractivity contribution in [1.29, 1.82) is 0 Å². The van der Waals surface area contributed by atoms with Crippen LogP contribution in [0.25, 0.3) is 5.57 Å². The summed E-state index contributed by atoms with van der Waals surface area (Å²) in [4.78, 5) is 37.7. The topological polar surface area (TPSA) is 54.5 Å². The first-order valence-electron chi connectivity index (χ1n) is 7.30. The van der Waals surface area contributed by atoms with Crippen molar-refractivity contribution in [3.8, 4) is 0 Å². The van der Waals surface area contributed by atoms with Crippen LogP contribution in [0.2, 0.25) is 0 Å². The number of carbonyl (C=O) groups excluding carboxylic acids is 3. The fourth-order valence-corrected chi connectivity index (χ4v) is 2.98. The number of nitrogens with zero attached hydrogens (tertiary/aromatic N) is 1. The van der Waals surface area contributed by atoms with Crippen LogP contribution in [0.4, 0.5) is 0 Å². The molecule has 0 fully saturated rings. The van der Waals surface area contributed by atoms with Crippen molar-refractivity contribution in [2.75, 3.05) is 13.1 Å². The van der Waals surface area contributed by atoms with E-state index in [1.165, 1.54) is 6.92 Å². The van der Waals surface area contributed by atoms with Crippen LogP contribution in [-0.4, -0.2) is 35.5 Å². The van der Waals surface area contributed by atoms with Crippen molar-refractivity contribution in [3.63, 3.8) is 0 Å². The van der Waals surface area contributed by atoms with Crippen LogP contribution in [0.15, 0.2) is 28.7 Å². The first-order chi connectivity index (χ1) is 10.5. The average molecular weight is 364 g/mol. The molecule has 0 heterocycles. The molecule has 5 heteroatoms. The number of allylic oxidation sites excluding steroid dienone is 1. The van der Waals surface area contributed by atoms with E-state index < -0.39 is 11.6 Å². The number of halogens is 1. The van der Waals surface area contributed by atoms with Gasteiger partial charge in [-0.05, 0) is 33.5 Å². The third-order valence-corrected chi connectivity index (χ3v) is 4.58. The van der Waals surface area contributed by atoms with E-state index in [-0.39, 0.29) is 10.4 Å². The number of rotatable bonds is 5. The first-order valence-corrected chi connectivity index (χ1v) is 8.09. The fourth-order valence-electron chi connectivity index (χ4n) is 2.46. The molecular formula is C17H18BrNO3. The van der Waals surface area contributed by atoms with Gasteiger partial charge in [-0.15, -0.1) is 0 Å². The molecule has 1 amide bonds. The normalized spacial score (nSPS) is 14.1. The lowest BCUT2D eigenvalue weighted by Gasteiger charge is -2.26. The Morgan fingerprint density at radius 3 is 2.36 bits per heavy atom. The van der Waals surface area contributed by atoms with Gasteiger partial charge in [0.05, 0.1) is 4.48 Å². The van der Waals surface area contributed by atoms with Gasteiger partial charge in [0.1, 0.15) is 0 Å². The molecule has 0 saturated carbocycles. The van der Waals surface area contributed by atoms with E-state index in [1.807, 2.05) is 12.1 Å². The van der Waals surface area contributed by atoms with Crippen LogP contribution in [0.5, 0.6) is 0 Å². The number of hydrogen-bond acceptors (Lipinski definition) is 3. The predicted molar refractivity (Wildman–Crippen MR) is 88.8 cm³/mol. The van der Waals surface area contributed by atoms with Gasteiger partial charge in [-0.2, -0.15) is 0 Å². The highest BCUT2D eigenvalue weighted by atomic mass is 79.9. The number of Topliss-reactive ketones (excluding diaryl/α,β-unsaturated/α-hetero) is 2. The zero-order chi connectivity index (χ0) is 16.3. The minimum atomic E-state index is -0.548. The van der Waals surface area contributed by atoms with Crippen molar-refractivity contribution in [3.05, 3.63) is 39.9 Å². The van der Waals surface area contributed by atoms with Crippen LogP contribution in [0.3, 0.4) is 0 Å². The highest BCUT2D eigenvalue weighted by Crippen LogP contribution is 2.33. The Labute approximate surface area is 138 Å². The summed E-state index contributed by atoms with van der Waals surface area (Å²) in [6.45, 7) is 4.54. The number of carbonyl (C=O) groups is 3. The smallest absolute Gasteiger partial charge is 0.240 e. The van der Waals surface area contributed by atoms with Gasteiger partial charge in [-0.25, -0.2) is 0 Å². The molecule has 116 valence electrons. The quantitative estimate of drug-likeness (QED) is 0.754. The van der Waals surface area contributed by atoms with Crippen molar-refractivity contribution < 1.29 is 14.4 Å². The maximum absolute atomic E-state index is 12.1. The van der Waals surface area contributed by atoms with Gasteiger partial charge in [0.25, 0.3) is 0 Å². The van der Waals surface area contributed by atoms with Crippen molar-refractivity contribution >= 4 is 39.0 Å². The first kappa shape index (κ1) is 16.6. The molecule has 0 aliphatic heterocycles. The molecule has 1 aromatic rings. The van der Waals surface area contributed by atoms with Crippen LogP contribution in [0, 0.1) is 0 Å². The van der Waals surface area contributed by atoms with Gasteiger partial charge in [-0.3, -0.25) is 14.4 Å². The predicted octanol–water partition coefficient (Wildman–Crippen LogP) is 3.21. The van der Waals surface area contributed by atoms with Gasteiger partial charge in [0, 0.05) is 25.6 Å². The van der Waals surface area contributed by atoms with Crippen LogP contribution >= 0.6 is 15.9 Å². The van der Waals surface area contributed by atoms with Crippen LogP contribution in [0.1, 0.15) is 42.6 Å². The third kappa shape index (κ3) is 3.19. The van der Waals surface area contributed by atoms with Gasteiger partial charge >= 0.3 is 0 Å². The van der Waals surface area contributed by atoms with E-state index in [0.717, 1.165) is 18.4 Å². The molecule has 0 atom stereocenters. The molecule has 0 spiro atoms. The van der Waals surface area contributed by atoms with E-state index in [0.29, 0.717) is 24.2 Å². The second kappa shape index (κ2) is 7.01. The molecule has 1 aliphatic carbocycles. The highest BCUT2D eigenvalue weighted by Gasteiger charge is 2.32. The molecule has 0 bridgehead atoms. The summed E-state index contributed by atoms with van der Waals surface area (Å²) in [5.41, 5.74) is 1.83. The zero-order valence-corrected chi connectivity index (χ0v) is 14.3. The lowest BCUT2D eigenvalue weighted by atomic mass is 9.89. The maximum Gasteiger partial charge on any atom is 0.240 e. The lowest BCUT2D eigenvalue weighted by molar-refractivity contribution is -0.128. The summed E-state index contributed by atoms with van der Waals surface area (Å²) in [6, 6.07) is 7.03. The summed E-state index contributed by atoms with van der Waals surface area (Å²) in [5, 5.41) is 0. The monoisotopic (exact) mass is 363 g/mol. The van der Waals surface area contributed by atoms with Gasteiger partial charge in [-0.1, -0.05) is 37.6 Å². The molecule has 4 nitrogen and oxygen atoms in total. The summed E-state index contributed by atoms with van der Waals surface area (Å²) in [5.74, 6) is -1.09. The fraction of sp³-hybridized carbons (Fsp3) is 0.353. The third-order valence-electron chi connectivity index (χ3n) is 3.74. The number of amides is 1. The Hall–Kier alpha value is -1.75. The Bertz CT molecular complexity index is 664. The molecule has 1 aliphatic rings. The number of ketones is 2. The Kier molecular flexibility index (Phi) is 5.29. The van der Waals surface area contributed by atoms with E-state index in [2.05, 4.69) is 22.9 Å². The van der Waals surface area contributed by atoms with Gasteiger partial charge in [0.15, 0.2) is 0 Å². The largest absolute Gasteiger partial charge is 0.339 e. The van der Waals surface area contributed by atoms with Crippen molar-refractivity contribution in [2.45, 2.75) is 26.7 Å². The molecular weight excluding hydrogens is 346 g/mol. The summed E-state index contributed by atoms with van der Waals surface area (Å²) >= 11 is 3.25. The lowest BCUT2D eigenvalue weighted by Crippen LogP contribution is -2.33. The van der Waals surface area contributed by atoms with E-state index >= 15 is 0 Å². The number of fused-ring (bicyclic) bond motifs is 1. The minimum Gasteiger partial charge on any atom is -0.339 e. The molecule has 0 saturated heterocycles. The molecule has 22 heavy (non-hydrogen) atoms. The standard InChI is InChI=1S/C17H18BrNO3/c1-3-4-9-19(11(2)20)10-14-12-7-5-6-8-13(12)16(21)17(22)15(14)18/h5-8H,3-4,9-10H2,1-2H3. The Morgan fingerprint density at radius 1 is 1.14 bits per heavy atom. The highest BCUT2D eigenvalue weighted by molar-refractivity contribution is 9.12. The number of hydrogen-bond donors (Lipinski definition) is 0. The zero-order valence-electron chi connectivity index (χ0n) is 12.7. The molecule has 0 aromatic heterocycles. The number of unbranched alkanes of at least 4 members (excludes halogenated alkanes) is 1. The molecule has 1 aromatic carbocycles. The Balaban J connectivity index is 2.41. The molecule has 2 rings (SSSR count). The summed E-state index contributed by atoms with van der Waals surface area (Å²) < 4.78 is 0.263. The minimum absolute atomic E-state index is 0.0388. The van der Waals surface area contributed by atoms with Gasteiger partial charge < -0.3 is 4.90 Å².